The van der Waals surface area contributed by atoms with Gasteiger partial charge in [-0.1, -0.05) is 12.2 Å². The van der Waals surface area contributed by atoms with E-state index in [1.807, 2.05) is 19.1 Å². The highest BCUT2D eigenvalue weighted by Gasteiger charge is 2.52. The molecule has 3 rings (SSSR count). The number of nitrogens with one attached hydrogen (secondary N) is 1. The summed E-state index contributed by atoms with van der Waals surface area (Å²) >= 11 is 0. The molecule has 3 aliphatic carbocycles. The average molecular weight is 249 g/mol. The van der Waals surface area contributed by atoms with Gasteiger partial charge in [0, 0.05) is 6.04 Å². The third kappa shape index (κ3) is 1.84. The summed E-state index contributed by atoms with van der Waals surface area (Å²) in [6.45, 7) is 2.02. The van der Waals surface area contributed by atoms with Crippen molar-refractivity contribution in [2.45, 2.75) is 32.2 Å². The third-order valence-corrected chi connectivity index (χ3v) is 4.75. The van der Waals surface area contributed by atoms with E-state index < -0.39 is 11.9 Å². The molecule has 0 aromatic rings. The first-order valence-corrected chi connectivity index (χ1v) is 6.79. The molecule has 1 amide bonds. The molecule has 5 atom stereocenters. The van der Waals surface area contributed by atoms with Crippen LogP contribution >= 0.6 is 0 Å². The van der Waals surface area contributed by atoms with E-state index in [2.05, 4.69) is 5.32 Å². The Bertz CT molecular complexity index is 413. The van der Waals surface area contributed by atoms with Crippen LogP contribution in [0.1, 0.15) is 26.2 Å². The second-order valence-electron chi connectivity index (χ2n) is 5.97. The van der Waals surface area contributed by atoms with Crippen LogP contribution in [0.3, 0.4) is 0 Å². The number of carbonyl (C=O) groups excluding carboxylic acids is 1. The Labute approximate surface area is 106 Å². The molecule has 18 heavy (non-hydrogen) atoms. The number of carboxylic acid groups (broad SMARTS) is 1. The van der Waals surface area contributed by atoms with E-state index in [4.69, 9.17) is 0 Å². The van der Waals surface area contributed by atoms with Crippen LogP contribution in [-0.4, -0.2) is 23.0 Å². The van der Waals surface area contributed by atoms with Crippen molar-refractivity contribution < 1.29 is 14.7 Å². The lowest BCUT2D eigenvalue weighted by Crippen LogP contribution is -2.44. The highest BCUT2D eigenvalue weighted by molar-refractivity contribution is 5.87. The summed E-state index contributed by atoms with van der Waals surface area (Å²) in [6.07, 6.45) is 7.18. The number of allylic oxidation sites excluding steroid dienone is 2. The van der Waals surface area contributed by atoms with E-state index in [-0.39, 0.29) is 29.7 Å². The standard InChI is InChI=1S/C14H19NO3/c1-7(8-2-3-8)15-13(16)11-9-4-5-10(6-9)12(11)14(17)18/h4-5,7-12H,2-3,6H2,1H3,(H,15,16)(H,17,18)/t7?,9?,10?,11-,12+/m0/s1. The van der Waals surface area contributed by atoms with Crippen molar-refractivity contribution in [2.75, 3.05) is 0 Å². The summed E-state index contributed by atoms with van der Waals surface area (Å²) in [4.78, 5) is 23.6. The average Bonchev–Trinajstić information content (AvgIpc) is 2.98. The van der Waals surface area contributed by atoms with E-state index in [1.54, 1.807) is 0 Å². The Kier molecular flexibility index (Phi) is 2.68. The maximum Gasteiger partial charge on any atom is 0.307 e. The van der Waals surface area contributed by atoms with Crippen LogP contribution in [0.4, 0.5) is 0 Å². The van der Waals surface area contributed by atoms with Crippen LogP contribution in [0, 0.1) is 29.6 Å². The lowest BCUT2D eigenvalue weighted by Gasteiger charge is -2.25. The zero-order chi connectivity index (χ0) is 12.9. The molecule has 2 bridgehead atoms. The van der Waals surface area contributed by atoms with E-state index in [9.17, 15) is 14.7 Å². The lowest BCUT2D eigenvalue weighted by molar-refractivity contribution is -0.148. The van der Waals surface area contributed by atoms with Gasteiger partial charge in [-0.05, 0) is 43.9 Å². The maximum absolute atomic E-state index is 12.3. The Morgan fingerprint density at radius 1 is 1.22 bits per heavy atom. The molecule has 4 heteroatoms. The van der Waals surface area contributed by atoms with Gasteiger partial charge in [0.2, 0.25) is 5.91 Å². The Morgan fingerprint density at radius 3 is 2.39 bits per heavy atom. The first-order valence-electron chi connectivity index (χ1n) is 6.79. The minimum atomic E-state index is -0.828. The zero-order valence-corrected chi connectivity index (χ0v) is 10.5. The zero-order valence-electron chi connectivity index (χ0n) is 10.5. The molecule has 3 unspecified atom stereocenters. The molecule has 0 saturated heterocycles. The second kappa shape index (κ2) is 4.11. The fourth-order valence-corrected chi connectivity index (χ4v) is 3.55. The van der Waals surface area contributed by atoms with E-state index >= 15 is 0 Å². The summed E-state index contributed by atoms with van der Waals surface area (Å²) in [6, 6.07) is 0.190. The van der Waals surface area contributed by atoms with Gasteiger partial charge >= 0.3 is 5.97 Å². The number of carbonyl (C=O) groups is 2. The first kappa shape index (κ1) is 11.8. The molecular formula is C14H19NO3. The highest BCUT2D eigenvalue weighted by atomic mass is 16.4. The summed E-state index contributed by atoms with van der Waals surface area (Å²) in [5.74, 6) is -0.983. The maximum atomic E-state index is 12.3. The van der Waals surface area contributed by atoms with Gasteiger partial charge < -0.3 is 10.4 Å². The normalized spacial score (nSPS) is 38.7. The molecule has 98 valence electrons. The van der Waals surface area contributed by atoms with Crippen LogP contribution in [0.2, 0.25) is 0 Å². The minimum Gasteiger partial charge on any atom is -0.481 e. The van der Waals surface area contributed by atoms with Crippen molar-refractivity contribution in [3.63, 3.8) is 0 Å². The predicted octanol–water partition coefficient (Wildman–Crippen LogP) is 1.42. The van der Waals surface area contributed by atoms with Gasteiger partial charge in [-0.25, -0.2) is 0 Å². The van der Waals surface area contributed by atoms with Crippen molar-refractivity contribution in [3.8, 4) is 0 Å². The second-order valence-corrected chi connectivity index (χ2v) is 5.97. The van der Waals surface area contributed by atoms with Gasteiger partial charge in [0.05, 0.1) is 11.8 Å². The number of amides is 1. The van der Waals surface area contributed by atoms with Crippen LogP contribution in [0.15, 0.2) is 12.2 Å². The summed E-state index contributed by atoms with van der Waals surface area (Å²) in [5, 5.41) is 12.3. The van der Waals surface area contributed by atoms with E-state index in [0.29, 0.717) is 5.92 Å². The molecule has 4 nitrogen and oxygen atoms in total. The smallest absolute Gasteiger partial charge is 0.307 e. The Balaban J connectivity index is 1.71. The van der Waals surface area contributed by atoms with Crippen molar-refractivity contribution in [3.05, 3.63) is 12.2 Å². The monoisotopic (exact) mass is 249 g/mol. The summed E-state index contributed by atoms with van der Waals surface area (Å²) < 4.78 is 0. The molecule has 3 aliphatic rings. The molecule has 2 fully saturated rings. The van der Waals surface area contributed by atoms with Gasteiger partial charge in [0.1, 0.15) is 0 Å². The van der Waals surface area contributed by atoms with E-state index in [0.717, 1.165) is 6.42 Å². The Hall–Kier alpha value is -1.32. The number of carboxylic acids is 1. The highest BCUT2D eigenvalue weighted by Crippen LogP contribution is 2.48. The van der Waals surface area contributed by atoms with Crippen LogP contribution < -0.4 is 5.32 Å². The molecule has 0 aromatic heterocycles. The van der Waals surface area contributed by atoms with Crippen LogP contribution in [0.5, 0.6) is 0 Å². The molecule has 0 heterocycles. The fraction of sp³-hybridized carbons (Fsp3) is 0.714. The van der Waals surface area contributed by atoms with Crippen molar-refractivity contribution in [1.29, 1.82) is 0 Å². The molecule has 2 N–H and O–H groups in total. The van der Waals surface area contributed by atoms with Gasteiger partial charge in [-0.2, -0.15) is 0 Å². The third-order valence-electron chi connectivity index (χ3n) is 4.75. The Morgan fingerprint density at radius 2 is 1.83 bits per heavy atom. The van der Waals surface area contributed by atoms with Gasteiger partial charge in [-0.3, -0.25) is 9.59 Å². The topological polar surface area (TPSA) is 66.4 Å². The largest absolute Gasteiger partial charge is 0.481 e. The molecule has 0 aliphatic heterocycles. The lowest BCUT2D eigenvalue weighted by atomic mass is 9.82. The number of aliphatic carboxylic acids is 1. The van der Waals surface area contributed by atoms with Gasteiger partial charge in [0.15, 0.2) is 0 Å². The van der Waals surface area contributed by atoms with Crippen molar-refractivity contribution in [2.24, 2.45) is 29.6 Å². The molecule has 0 spiro atoms. The van der Waals surface area contributed by atoms with Crippen LogP contribution in [-0.2, 0) is 9.59 Å². The fourth-order valence-electron chi connectivity index (χ4n) is 3.55. The SMILES string of the molecule is CC(NC(=O)[C@H]1C2C=CC(C2)[C@H]1C(=O)O)C1CC1. The molecule has 2 saturated carbocycles. The van der Waals surface area contributed by atoms with Gasteiger partial charge in [-0.15, -0.1) is 0 Å². The summed E-state index contributed by atoms with van der Waals surface area (Å²) in [7, 11) is 0. The minimum absolute atomic E-state index is 0.0551. The molecule has 0 aromatic carbocycles. The van der Waals surface area contributed by atoms with Crippen molar-refractivity contribution >= 4 is 11.9 Å². The number of fused-ring (bicyclic) bond motifs is 2. The summed E-state index contributed by atoms with van der Waals surface area (Å²) in [5.41, 5.74) is 0. The quantitative estimate of drug-likeness (QED) is 0.741. The van der Waals surface area contributed by atoms with E-state index in [1.165, 1.54) is 12.8 Å². The number of hydrogen-bond acceptors (Lipinski definition) is 2. The number of hydrogen-bond donors (Lipinski definition) is 2. The number of rotatable bonds is 4. The van der Waals surface area contributed by atoms with Crippen LogP contribution in [0.25, 0.3) is 0 Å². The first-order chi connectivity index (χ1) is 8.58. The van der Waals surface area contributed by atoms with Crippen molar-refractivity contribution in [1.82, 2.24) is 5.32 Å². The van der Waals surface area contributed by atoms with Gasteiger partial charge in [0.25, 0.3) is 0 Å². The molecular weight excluding hydrogens is 230 g/mol. The molecule has 0 radical (unpaired) electrons. The predicted molar refractivity (Wildman–Crippen MR) is 65.7 cm³/mol.